The Morgan fingerprint density at radius 1 is 1.20 bits per heavy atom. The van der Waals surface area contributed by atoms with E-state index >= 15 is 0 Å². The van der Waals surface area contributed by atoms with E-state index in [2.05, 4.69) is 68.8 Å². The summed E-state index contributed by atoms with van der Waals surface area (Å²) in [6, 6.07) is 0.398. The molecule has 1 unspecified atom stereocenters. The number of aryl methyl sites for hydroxylation is 1. The third kappa shape index (κ3) is 3.84. The van der Waals surface area contributed by atoms with Crippen molar-refractivity contribution in [3.05, 3.63) is 11.4 Å². The van der Waals surface area contributed by atoms with E-state index in [4.69, 9.17) is 0 Å². The van der Waals surface area contributed by atoms with Crippen molar-refractivity contribution >= 4 is 11.6 Å². The highest BCUT2D eigenvalue weighted by molar-refractivity contribution is 5.58. The van der Waals surface area contributed by atoms with Gasteiger partial charge < -0.3 is 10.2 Å². The normalized spacial score (nSPS) is 13.2. The molecule has 0 spiro atoms. The van der Waals surface area contributed by atoms with Gasteiger partial charge >= 0.3 is 0 Å². The van der Waals surface area contributed by atoms with Gasteiger partial charge in [0.1, 0.15) is 17.5 Å². The molecular formula is C16H30N4. The monoisotopic (exact) mass is 278 g/mol. The standard InChI is InChI=1S/C16H30N4/c1-9-10-17-14-11(2)15(19-13(4)18-14)20(8)12(3)16(5,6)7/h12H,9-10H2,1-8H3,(H,17,18,19). The molecule has 1 atom stereocenters. The molecule has 1 rings (SSSR count). The van der Waals surface area contributed by atoms with Crippen molar-refractivity contribution in [1.29, 1.82) is 0 Å². The van der Waals surface area contributed by atoms with Gasteiger partial charge in [-0.15, -0.1) is 0 Å². The second-order valence-corrected chi connectivity index (χ2v) is 6.65. The molecule has 0 radical (unpaired) electrons. The largest absolute Gasteiger partial charge is 0.370 e. The summed E-state index contributed by atoms with van der Waals surface area (Å²) in [6.45, 7) is 16.2. The average molecular weight is 278 g/mol. The summed E-state index contributed by atoms with van der Waals surface area (Å²) < 4.78 is 0. The van der Waals surface area contributed by atoms with Gasteiger partial charge in [0.15, 0.2) is 0 Å². The maximum atomic E-state index is 4.65. The summed E-state index contributed by atoms with van der Waals surface area (Å²) in [7, 11) is 2.12. The minimum absolute atomic E-state index is 0.205. The van der Waals surface area contributed by atoms with Crippen LogP contribution in [-0.2, 0) is 0 Å². The summed E-state index contributed by atoms with van der Waals surface area (Å²) in [5, 5.41) is 3.40. The average Bonchev–Trinajstić information content (AvgIpc) is 2.36. The first-order chi connectivity index (χ1) is 9.18. The smallest absolute Gasteiger partial charge is 0.137 e. The van der Waals surface area contributed by atoms with Crippen LogP contribution in [-0.4, -0.2) is 29.6 Å². The number of hydrogen-bond acceptors (Lipinski definition) is 4. The van der Waals surface area contributed by atoms with Crippen molar-refractivity contribution in [2.24, 2.45) is 5.41 Å². The van der Waals surface area contributed by atoms with Gasteiger partial charge in [-0.3, -0.25) is 0 Å². The maximum Gasteiger partial charge on any atom is 0.137 e. The molecular weight excluding hydrogens is 248 g/mol. The molecule has 0 aromatic carbocycles. The van der Waals surface area contributed by atoms with Gasteiger partial charge in [0.25, 0.3) is 0 Å². The number of hydrogen-bond donors (Lipinski definition) is 1. The van der Waals surface area contributed by atoms with E-state index in [0.29, 0.717) is 6.04 Å². The Hall–Kier alpha value is -1.32. The van der Waals surface area contributed by atoms with Crippen LogP contribution in [0.3, 0.4) is 0 Å². The highest BCUT2D eigenvalue weighted by Gasteiger charge is 2.26. The lowest BCUT2D eigenvalue weighted by Gasteiger charge is -2.37. The quantitative estimate of drug-likeness (QED) is 0.889. The van der Waals surface area contributed by atoms with E-state index < -0.39 is 0 Å². The molecule has 0 aliphatic rings. The molecule has 0 amide bonds. The third-order valence-electron chi connectivity index (χ3n) is 3.94. The van der Waals surface area contributed by atoms with Crippen LogP contribution in [0.5, 0.6) is 0 Å². The Kier molecular flexibility index (Phi) is 5.37. The SMILES string of the molecule is CCCNc1nc(C)nc(N(C)C(C)C(C)(C)C)c1C. The Morgan fingerprint density at radius 3 is 2.30 bits per heavy atom. The molecule has 4 nitrogen and oxygen atoms in total. The molecule has 0 saturated carbocycles. The van der Waals surface area contributed by atoms with Crippen molar-refractivity contribution < 1.29 is 0 Å². The minimum atomic E-state index is 0.205. The van der Waals surface area contributed by atoms with Gasteiger partial charge in [-0.2, -0.15) is 0 Å². The number of nitrogens with zero attached hydrogens (tertiary/aromatic N) is 3. The van der Waals surface area contributed by atoms with Crippen molar-refractivity contribution in [3.8, 4) is 0 Å². The molecule has 0 aliphatic carbocycles. The Bertz CT molecular complexity index is 449. The fraction of sp³-hybridized carbons (Fsp3) is 0.750. The van der Waals surface area contributed by atoms with E-state index in [1.165, 1.54) is 0 Å². The van der Waals surface area contributed by atoms with E-state index in [9.17, 15) is 0 Å². The summed E-state index contributed by atoms with van der Waals surface area (Å²) in [5.74, 6) is 2.80. The summed E-state index contributed by atoms with van der Waals surface area (Å²) in [5.41, 5.74) is 1.33. The fourth-order valence-corrected chi connectivity index (χ4v) is 2.14. The summed E-state index contributed by atoms with van der Waals surface area (Å²) in [4.78, 5) is 11.4. The molecule has 0 fully saturated rings. The second kappa shape index (κ2) is 6.42. The van der Waals surface area contributed by atoms with Gasteiger partial charge in [0.05, 0.1) is 0 Å². The maximum absolute atomic E-state index is 4.65. The zero-order valence-corrected chi connectivity index (χ0v) is 14.3. The van der Waals surface area contributed by atoms with Crippen molar-refractivity contribution in [2.75, 3.05) is 23.8 Å². The van der Waals surface area contributed by atoms with Crippen LogP contribution >= 0.6 is 0 Å². The summed E-state index contributed by atoms with van der Waals surface area (Å²) >= 11 is 0. The Morgan fingerprint density at radius 2 is 1.80 bits per heavy atom. The molecule has 20 heavy (non-hydrogen) atoms. The highest BCUT2D eigenvalue weighted by Crippen LogP contribution is 2.30. The van der Waals surface area contributed by atoms with Gasteiger partial charge in [-0.05, 0) is 32.6 Å². The minimum Gasteiger partial charge on any atom is -0.370 e. The molecule has 4 heteroatoms. The van der Waals surface area contributed by atoms with E-state index in [0.717, 1.165) is 36.0 Å². The van der Waals surface area contributed by atoms with Crippen LogP contribution in [0, 0.1) is 19.3 Å². The molecule has 114 valence electrons. The van der Waals surface area contributed by atoms with Crippen LogP contribution in [0.4, 0.5) is 11.6 Å². The predicted octanol–water partition coefficient (Wildman–Crippen LogP) is 3.79. The van der Waals surface area contributed by atoms with Crippen LogP contribution in [0.2, 0.25) is 0 Å². The van der Waals surface area contributed by atoms with Crippen molar-refractivity contribution in [2.45, 2.75) is 60.9 Å². The van der Waals surface area contributed by atoms with Crippen LogP contribution in [0.25, 0.3) is 0 Å². The first-order valence-corrected chi connectivity index (χ1v) is 7.50. The molecule has 1 aromatic rings. The van der Waals surface area contributed by atoms with Crippen LogP contribution < -0.4 is 10.2 Å². The second-order valence-electron chi connectivity index (χ2n) is 6.65. The summed E-state index contributed by atoms with van der Waals surface area (Å²) in [6.07, 6.45) is 1.09. The van der Waals surface area contributed by atoms with E-state index in [-0.39, 0.29) is 5.41 Å². The molecule has 1 aromatic heterocycles. The topological polar surface area (TPSA) is 41.1 Å². The van der Waals surface area contributed by atoms with Gasteiger partial charge in [0, 0.05) is 25.2 Å². The number of nitrogens with one attached hydrogen (secondary N) is 1. The zero-order chi connectivity index (χ0) is 15.5. The first-order valence-electron chi connectivity index (χ1n) is 7.50. The lowest BCUT2D eigenvalue weighted by Crippen LogP contribution is -2.40. The van der Waals surface area contributed by atoms with Gasteiger partial charge in [0.2, 0.25) is 0 Å². The molecule has 0 aliphatic heterocycles. The fourth-order valence-electron chi connectivity index (χ4n) is 2.14. The van der Waals surface area contributed by atoms with E-state index in [1.807, 2.05) is 6.92 Å². The predicted molar refractivity (Wildman–Crippen MR) is 87.6 cm³/mol. The number of rotatable bonds is 5. The first kappa shape index (κ1) is 16.7. The number of anilines is 2. The van der Waals surface area contributed by atoms with E-state index in [1.54, 1.807) is 0 Å². The van der Waals surface area contributed by atoms with Crippen molar-refractivity contribution in [3.63, 3.8) is 0 Å². The Labute approximate surface area is 124 Å². The molecule has 1 N–H and O–H groups in total. The molecule has 1 heterocycles. The molecule has 0 bridgehead atoms. The van der Waals surface area contributed by atoms with Crippen molar-refractivity contribution in [1.82, 2.24) is 9.97 Å². The zero-order valence-electron chi connectivity index (χ0n) is 14.3. The number of aromatic nitrogens is 2. The lowest BCUT2D eigenvalue weighted by atomic mass is 9.87. The van der Waals surface area contributed by atoms with Crippen LogP contribution in [0.15, 0.2) is 0 Å². The van der Waals surface area contributed by atoms with Gasteiger partial charge in [-0.25, -0.2) is 9.97 Å². The van der Waals surface area contributed by atoms with Gasteiger partial charge in [-0.1, -0.05) is 27.7 Å². The molecule has 0 saturated heterocycles. The third-order valence-corrected chi connectivity index (χ3v) is 3.94. The highest BCUT2D eigenvalue weighted by atomic mass is 15.2. The van der Waals surface area contributed by atoms with Crippen LogP contribution in [0.1, 0.15) is 52.4 Å². The lowest BCUT2D eigenvalue weighted by molar-refractivity contribution is 0.328. The Balaban J connectivity index is 3.14.